The number of rotatable bonds is 3. The Kier molecular flexibility index (Phi) is 4.22. The Morgan fingerprint density at radius 3 is 3.09 bits per heavy atom. The van der Waals surface area contributed by atoms with Crippen LogP contribution in [0.2, 0.25) is 5.02 Å². The quantitative estimate of drug-likeness (QED) is 0.876. The zero-order valence-electron chi connectivity index (χ0n) is 11.9. The molecule has 0 radical (unpaired) electrons. The number of hydrogen-bond donors (Lipinski definition) is 1. The molecule has 1 aromatic heterocycles. The second-order valence-electron chi connectivity index (χ2n) is 5.12. The molecule has 0 aliphatic carbocycles. The van der Waals surface area contributed by atoms with E-state index in [0.717, 1.165) is 5.56 Å². The lowest BCUT2D eigenvalue weighted by molar-refractivity contribution is -0.116. The molecule has 1 aliphatic rings. The van der Waals surface area contributed by atoms with Crippen LogP contribution in [-0.2, 0) is 4.79 Å². The van der Waals surface area contributed by atoms with Crippen LogP contribution >= 0.6 is 23.4 Å². The third-order valence-corrected chi connectivity index (χ3v) is 5.01. The molecule has 1 N–H and O–H groups in total. The van der Waals surface area contributed by atoms with Crippen LogP contribution < -0.4 is 10.9 Å². The zero-order chi connectivity index (χ0) is 15.7. The number of hydrogen-bond acceptors (Lipinski definition) is 4. The van der Waals surface area contributed by atoms with Crippen LogP contribution in [-0.4, -0.2) is 21.2 Å². The van der Waals surface area contributed by atoms with E-state index in [4.69, 9.17) is 11.6 Å². The average molecular weight is 336 g/mol. The number of carbonyl (C=O) groups is 1. The molecule has 0 bridgehead atoms. The Morgan fingerprint density at radius 2 is 2.32 bits per heavy atom. The molecule has 1 amide bonds. The van der Waals surface area contributed by atoms with E-state index in [1.807, 2.05) is 19.1 Å². The maximum Gasteiger partial charge on any atom is 0.254 e. The SMILES string of the molecule is Cc1ccc(NC(=O)C[C@@H]2CSc3nccc(=O)n32)cc1Cl. The largest absolute Gasteiger partial charge is 0.326 e. The molecule has 1 atom stereocenters. The number of nitrogens with zero attached hydrogens (tertiary/aromatic N) is 2. The van der Waals surface area contributed by atoms with Gasteiger partial charge in [-0.1, -0.05) is 29.4 Å². The molecule has 3 rings (SSSR count). The summed E-state index contributed by atoms with van der Waals surface area (Å²) in [5.74, 6) is 0.531. The summed E-state index contributed by atoms with van der Waals surface area (Å²) in [5, 5.41) is 4.10. The van der Waals surface area contributed by atoms with Crippen LogP contribution in [0, 0.1) is 6.92 Å². The fourth-order valence-electron chi connectivity index (χ4n) is 2.34. The van der Waals surface area contributed by atoms with Crippen molar-refractivity contribution < 1.29 is 4.79 Å². The van der Waals surface area contributed by atoms with Crippen LogP contribution in [0.4, 0.5) is 5.69 Å². The lowest BCUT2D eigenvalue weighted by Crippen LogP contribution is -2.26. The van der Waals surface area contributed by atoms with E-state index in [1.165, 1.54) is 24.0 Å². The minimum atomic E-state index is -0.165. The van der Waals surface area contributed by atoms with Gasteiger partial charge in [-0.05, 0) is 24.6 Å². The molecule has 2 heterocycles. The van der Waals surface area contributed by atoms with Crippen LogP contribution in [0.5, 0.6) is 0 Å². The Hall–Kier alpha value is -1.79. The van der Waals surface area contributed by atoms with Gasteiger partial charge in [0, 0.05) is 35.1 Å². The molecular weight excluding hydrogens is 322 g/mol. The number of fused-ring (bicyclic) bond motifs is 1. The predicted octanol–water partition coefficient (Wildman–Crippen LogP) is 2.88. The van der Waals surface area contributed by atoms with E-state index in [9.17, 15) is 9.59 Å². The third kappa shape index (κ3) is 3.03. The van der Waals surface area contributed by atoms with Gasteiger partial charge in [0.2, 0.25) is 5.91 Å². The molecule has 7 heteroatoms. The van der Waals surface area contributed by atoms with Gasteiger partial charge in [-0.2, -0.15) is 0 Å². The first-order valence-corrected chi connectivity index (χ1v) is 8.17. The second-order valence-corrected chi connectivity index (χ2v) is 6.51. The van der Waals surface area contributed by atoms with Crippen LogP contribution in [0.15, 0.2) is 40.4 Å². The first kappa shape index (κ1) is 15.1. The summed E-state index contributed by atoms with van der Waals surface area (Å²) in [6.07, 6.45) is 1.73. The highest BCUT2D eigenvalue weighted by atomic mass is 35.5. The van der Waals surface area contributed by atoms with Crippen molar-refractivity contribution in [3.8, 4) is 0 Å². The molecule has 5 nitrogen and oxygen atoms in total. The zero-order valence-corrected chi connectivity index (χ0v) is 13.4. The van der Waals surface area contributed by atoms with Crippen molar-refractivity contribution >= 4 is 35.0 Å². The summed E-state index contributed by atoms with van der Waals surface area (Å²) < 4.78 is 1.59. The van der Waals surface area contributed by atoms with Crippen LogP contribution in [0.25, 0.3) is 0 Å². The summed E-state index contributed by atoms with van der Waals surface area (Å²) in [5.41, 5.74) is 1.49. The van der Waals surface area contributed by atoms with E-state index in [2.05, 4.69) is 10.3 Å². The Bertz CT molecular complexity index is 791. The molecule has 0 saturated carbocycles. The second kappa shape index (κ2) is 6.14. The number of carbonyl (C=O) groups excluding carboxylic acids is 1. The Morgan fingerprint density at radius 1 is 1.50 bits per heavy atom. The topological polar surface area (TPSA) is 64.0 Å². The number of halogens is 1. The number of anilines is 1. The van der Waals surface area contributed by atoms with E-state index < -0.39 is 0 Å². The smallest absolute Gasteiger partial charge is 0.254 e. The van der Waals surface area contributed by atoms with Crippen molar-refractivity contribution in [3.63, 3.8) is 0 Å². The number of nitrogens with one attached hydrogen (secondary N) is 1. The molecule has 0 unspecified atom stereocenters. The molecule has 2 aromatic rings. The summed E-state index contributed by atoms with van der Waals surface area (Å²) >= 11 is 7.54. The minimum absolute atomic E-state index is 0.119. The molecule has 114 valence electrons. The molecule has 0 fully saturated rings. The Labute approximate surface area is 136 Å². The number of aryl methyl sites for hydroxylation is 1. The predicted molar refractivity (Wildman–Crippen MR) is 87.7 cm³/mol. The number of aromatic nitrogens is 2. The van der Waals surface area contributed by atoms with Crippen molar-refractivity contribution in [2.45, 2.75) is 24.5 Å². The minimum Gasteiger partial charge on any atom is -0.326 e. The number of thioether (sulfide) groups is 1. The summed E-state index contributed by atoms with van der Waals surface area (Å²) in [6.45, 7) is 1.90. The van der Waals surface area contributed by atoms with Crippen LogP contribution in [0.1, 0.15) is 18.0 Å². The first-order chi connectivity index (χ1) is 10.5. The summed E-state index contributed by atoms with van der Waals surface area (Å²) in [6, 6.07) is 6.64. The van der Waals surface area contributed by atoms with Gasteiger partial charge in [0.25, 0.3) is 5.56 Å². The van der Waals surface area contributed by atoms with Gasteiger partial charge >= 0.3 is 0 Å². The number of benzene rings is 1. The highest BCUT2D eigenvalue weighted by molar-refractivity contribution is 7.99. The van der Waals surface area contributed by atoms with Gasteiger partial charge in [-0.3, -0.25) is 14.2 Å². The van der Waals surface area contributed by atoms with E-state index in [0.29, 0.717) is 21.6 Å². The third-order valence-electron chi connectivity index (χ3n) is 3.49. The maximum atomic E-state index is 12.2. The van der Waals surface area contributed by atoms with Gasteiger partial charge in [0.15, 0.2) is 5.16 Å². The van der Waals surface area contributed by atoms with Crippen LogP contribution in [0.3, 0.4) is 0 Å². The van der Waals surface area contributed by atoms with Gasteiger partial charge < -0.3 is 5.32 Å². The highest BCUT2D eigenvalue weighted by Crippen LogP contribution is 2.31. The molecule has 0 spiro atoms. The fourth-order valence-corrected chi connectivity index (χ4v) is 3.64. The molecular formula is C15H14ClN3O2S. The Balaban J connectivity index is 1.71. The molecule has 1 aromatic carbocycles. The van der Waals surface area contributed by atoms with Gasteiger partial charge in [0.05, 0.1) is 6.04 Å². The van der Waals surface area contributed by atoms with Gasteiger partial charge in [-0.25, -0.2) is 4.98 Å². The standard InChI is InChI=1S/C15H14ClN3O2S/c1-9-2-3-10(6-12(9)16)18-13(20)7-11-8-22-15-17-5-4-14(21)19(11)15/h2-6,11H,7-8H2,1H3,(H,18,20)/t11-/m1/s1. The molecule has 1 aliphatic heterocycles. The van der Waals surface area contributed by atoms with Crippen molar-refractivity contribution in [3.05, 3.63) is 51.4 Å². The summed E-state index contributed by atoms with van der Waals surface area (Å²) in [4.78, 5) is 28.3. The van der Waals surface area contributed by atoms with Gasteiger partial charge in [0.1, 0.15) is 0 Å². The summed E-state index contributed by atoms with van der Waals surface area (Å²) in [7, 11) is 0. The first-order valence-electron chi connectivity index (χ1n) is 6.81. The lowest BCUT2D eigenvalue weighted by Gasteiger charge is -2.13. The molecule has 22 heavy (non-hydrogen) atoms. The van der Waals surface area contributed by atoms with Gasteiger partial charge in [-0.15, -0.1) is 0 Å². The monoisotopic (exact) mass is 335 g/mol. The lowest BCUT2D eigenvalue weighted by atomic mass is 10.2. The average Bonchev–Trinajstić information content (AvgIpc) is 2.87. The molecule has 0 saturated heterocycles. The van der Waals surface area contributed by atoms with E-state index in [1.54, 1.807) is 10.6 Å². The van der Waals surface area contributed by atoms with E-state index in [-0.39, 0.29) is 23.9 Å². The maximum absolute atomic E-state index is 12.2. The highest BCUT2D eigenvalue weighted by Gasteiger charge is 2.26. The van der Waals surface area contributed by atoms with Crippen molar-refractivity contribution in [2.24, 2.45) is 0 Å². The van der Waals surface area contributed by atoms with Crippen molar-refractivity contribution in [2.75, 3.05) is 11.1 Å². The number of amides is 1. The van der Waals surface area contributed by atoms with E-state index >= 15 is 0 Å². The van der Waals surface area contributed by atoms with Crippen molar-refractivity contribution in [1.82, 2.24) is 9.55 Å². The normalized spacial score (nSPS) is 16.4. The fraction of sp³-hybridized carbons (Fsp3) is 0.267. The van der Waals surface area contributed by atoms with Crippen molar-refractivity contribution in [1.29, 1.82) is 0 Å².